The number of carboxylic acids is 1. The Hall–Kier alpha value is -4.47. The standard InChI is InChI=1S/C28H27N3O7/c1-2-27(10-6-5-8-18(27)24(32)33)30-26(35)29-11-12-31-20-9-4-3-7-17(20)28(25(31)34)15-36-21-14-23-22(13-19(21)28)37-16-38-23/h3-10,13-14,18H,2,11-12,15-16H2,1H3,(H,32,33)(H2,29,30,35). The van der Waals surface area contributed by atoms with Gasteiger partial charge in [-0.25, -0.2) is 4.79 Å². The van der Waals surface area contributed by atoms with Gasteiger partial charge in [-0.15, -0.1) is 0 Å². The van der Waals surface area contributed by atoms with Crippen LogP contribution in [-0.2, 0) is 15.0 Å². The van der Waals surface area contributed by atoms with Gasteiger partial charge in [-0.2, -0.15) is 0 Å². The number of urea groups is 1. The van der Waals surface area contributed by atoms with Crippen molar-refractivity contribution >= 4 is 23.6 Å². The molecule has 1 aliphatic carbocycles. The molecule has 3 unspecified atom stereocenters. The molecule has 6 rings (SSSR count). The fraction of sp³-hybridized carbons (Fsp3) is 0.321. The average molecular weight is 518 g/mol. The fourth-order valence-electron chi connectivity index (χ4n) is 5.85. The molecule has 0 radical (unpaired) electrons. The Labute approximate surface area is 218 Å². The van der Waals surface area contributed by atoms with Crippen LogP contribution in [0, 0.1) is 5.92 Å². The van der Waals surface area contributed by atoms with Crippen LogP contribution in [0.5, 0.6) is 17.2 Å². The number of carbonyl (C=O) groups is 3. The van der Waals surface area contributed by atoms with Gasteiger partial charge in [-0.3, -0.25) is 9.59 Å². The van der Waals surface area contributed by atoms with Crippen molar-refractivity contribution in [3.63, 3.8) is 0 Å². The predicted octanol–water partition coefficient (Wildman–Crippen LogP) is 2.72. The van der Waals surface area contributed by atoms with Gasteiger partial charge in [-0.1, -0.05) is 49.4 Å². The Morgan fingerprint density at radius 2 is 1.87 bits per heavy atom. The van der Waals surface area contributed by atoms with Gasteiger partial charge in [0.25, 0.3) is 0 Å². The number of amides is 3. The summed E-state index contributed by atoms with van der Waals surface area (Å²) in [6.07, 6.45) is 7.07. The van der Waals surface area contributed by atoms with Crippen LogP contribution in [0.3, 0.4) is 0 Å². The molecule has 0 bridgehead atoms. The summed E-state index contributed by atoms with van der Waals surface area (Å²) in [5, 5.41) is 15.3. The first-order chi connectivity index (χ1) is 18.4. The molecule has 3 aliphatic heterocycles. The number of ether oxygens (including phenoxy) is 3. The van der Waals surface area contributed by atoms with Crippen molar-refractivity contribution in [3.8, 4) is 17.2 Å². The lowest BCUT2D eigenvalue weighted by Crippen LogP contribution is -2.57. The SMILES string of the molecule is CCC1(NC(=O)NCCN2C(=O)C3(COc4cc5c(cc43)OCO5)c3ccccc32)C=CC=CC1C(=O)O. The first-order valence-corrected chi connectivity index (χ1v) is 12.5. The van der Waals surface area contributed by atoms with Gasteiger partial charge in [0.15, 0.2) is 11.5 Å². The van der Waals surface area contributed by atoms with E-state index < -0.39 is 28.9 Å². The summed E-state index contributed by atoms with van der Waals surface area (Å²) in [7, 11) is 0. The average Bonchev–Trinajstić information content (AvgIpc) is 3.59. The summed E-state index contributed by atoms with van der Waals surface area (Å²) in [5.74, 6) is -0.289. The third kappa shape index (κ3) is 3.43. The minimum absolute atomic E-state index is 0.119. The molecule has 10 heteroatoms. The molecule has 196 valence electrons. The predicted molar refractivity (Wildman–Crippen MR) is 137 cm³/mol. The van der Waals surface area contributed by atoms with E-state index in [4.69, 9.17) is 14.2 Å². The lowest BCUT2D eigenvalue weighted by molar-refractivity contribution is -0.142. The van der Waals surface area contributed by atoms with Crippen molar-refractivity contribution in [2.75, 3.05) is 31.4 Å². The van der Waals surface area contributed by atoms with Crippen LogP contribution < -0.4 is 29.7 Å². The van der Waals surface area contributed by atoms with Gasteiger partial charge in [-0.05, 0) is 24.1 Å². The number of carbonyl (C=O) groups excluding carboxylic acids is 2. The monoisotopic (exact) mass is 517 g/mol. The molecule has 0 saturated heterocycles. The Bertz CT molecular complexity index is 1400. The normalized spacial score (nSPS) is 25.8. The van der Waals surface area contributed by atoms with E-state index in [0.717, 1.165) is 16.8 Å². The molecule has 1 spiro atoms. The van der Waals surface area contributed by atoms with Gasteiger partial charge in [0.2, 0.25) is 12.7 Å². The van der Waals surface area contributed by atoms with Crippen molar-refractivity contribution in [2.24, 2.45) is 5.92 Å². The zero-order valence-electron chi connectivity index (χ0n) is 20.7. The molecule has 3 atom stereocenters. The van der Waals surface area contributed by atoms with Crippen LogP contribution in [0.25, 0.3) is 0 Å². The number of hydrogen-bond acceptors (Lipinski definition) is 6. The third-order valence-electron chi connectivity index (χ3n) is 7.83. The lowest BCUT2D eigenvalue weighted by Gasteiger charge is -2.36. The quantitative estimate of drug-likeness (QED) is 0.538. The topological polar surface area (TPSA) is 126 Å². The van der Waals surface area contributed by atoms with Crippen molar-refractivity contribution in [1.82, 2.24) is 10.6 Å². The maximum absolute atomic E-state index is 14.0. The van der Waals surface area contributed by atoms with Gasteiger partial charge in [0, 0.05) is 30.4 Å². The van der Waals surface area contributed by atoms with E-state index in [1.807, 2.05) is 37.3 Å². The highest BCUT2D eigenvalue weighted by Crippen LogP contribution is 2.54. The zero-order valence-corrected chi connectivity index (χ0v) is 20.7. The van der Waals surface area contributed by atoms with E-state index >= 15 is 0 Å². The van der Waals surface area contributed by atoms with E-state index in [1.165, 1.54) is 0 Å². The van der Waals surface area contributed by atoms with E-state index in [0.29, 0.717) is 23.7 Å². The van der Waals surface area contributed by atoms with Crippen LogP contribution in [0.15, 0.2) is 60.7 Å². The molecule has 10 nitrogen and oxygen atoms in total. The van der Waals surface area contributed by atoms with Crippen LogP contribution in [-0.4, -0.2) is 55.0 Å². The highest BCUT2D eigenvalue weighted by atomic mass is 16.7. The minimum atomic E-state index is -1.04. The number of fused-ring (bicyclic) bond motifs is 5. The van der Waals surface area contributed by atoms with E-state index in [1.54, 1.807) is 35.3 Å². The lowest BCUT2D eigenvalue weighted by atomic mass is 9.77. The van der Waals surface area contributed by atoms with Crippen LogP contribution in [0.2, 0.25) is 0 Å². The number of para-hydroxylation sites is 1. The van der Waals surface area contributed by atoms with Crippen molar-refractivity contribution < 1.29 is 33.7 Å². The number of nitrogens with one attached hydrogen (secondary N) is 2. The number of rotatable bonds is 6. The molecule has 2 aromatic carbocycles. The summed E-state index contributed by atoms with van der Waals surface area (Å²) in [5.41, 5.74) is 0.261. The molecular formula is C28H27N3O7. The maximum Gasteiger partial charge on any atom is 0.315 e. The number of hydrogen-bond donors (Lipinski definition) is 3. The Morgan fingerprint density at radius 3 is 2.66 bits per heavy atom. The van der Waals surface area contributed by atoms with Gasteiger partial charge in [0.05, 0.1) is 5.54 Å². The Morgan fingerprint density at radius 1 is 1.08 bits per heavy atom. The van der Waals surface area contributed by atoms with E-state index in [9.17, 15) is 19.5 Å². The third-order valence-corrected chi connectivity index (χ3v) is 7.83. The molecule has 38 heavy (non-hydrogen) atoms. The van der Waals surface area contributed by atoms with Gasteiger partial charge < -0.3 is 34.9 Å². The number of carboxylic acid groups (broad SMARTS) is 1. The van der Waals surface area contributed by atoms with Gasteiger partial charge >= 0.3 is 12.0 Å². The second kappa shape index (κ2) is 8.83. The molecule has 2 aromatic rings. The van der Waals surface area contributed by atoms with Crippen molar-refractivity contribution in [3.05, 3.63) is 71.8 Å². The number of nitrogens with zero attached hydrogens (tertiary/aromatic N) is 1. The molecule has 0 fully saturated rings. The highest BCUT2D eigenvalue weighted by molar-refractivity contribution is 6.11. The van der Waals surface area contributed by atoms with Crippen molar-refractivity contribution in [2.45, 2.75) is 24.3 Å². The minimum Gasteiger partial charge on any atom is -0.491 e. The molecular weight excluding hydrogens is 490 g/mol. The Balaban J connectivity index is 1.20. The van der Waals surface area contributed by atoms with Crippen molar-refractivity contribution in [1.29, 1.82) is 0 Å². The molecule has 0 aromatic heterocycles. The largest absolute Gasteiger partial charge is 0.491 e. The highest BCUT2D eigenvalue weighted by Gasteiger charge is 2.57. The van der Waals surface area contributed by atoms with Crippen LogP contribution in [0.1, 0.15) is 24.5 Å². The number of allylic oxidation sites excluding steroid dienone is 2. The first-order valence-electron chi connectivity index (χ1n) is 12.5. The Kier molecular flexibility index (Phi) is 5.55. The van der Waals surface area contributed by atoms with Crippen LogP contribution in [0.4, 0.5) is 10.5 Å². The summed E-state index contributed by atoms with van der Waals surface area (Å²) >= 11 is 0. The zero-order chi connectivity index (χ0) is 26.5. The molecule has 4 aliphatic rings. The first kappa shape index (κ1) is 23.9. The second-order valence-corrected chi connectivity index (χ2v) is 9.70. The summed E-state index contributed by atoms with van der Waals surface area (Å²) < 4.78 is 17.0. The summed E-state index contributed by atoms with van der Waals surface area (Å²) in [4.78, 5) is 40.3. The van der Waals surface area contributed by atoms with Gasteiger partial charge in [0.1, 0.15) is 23.7 Å². The molecule has 3 N–H and O–H groups in total. The smallest absolute Gasteiger partial charge is 0.315 e. The van der Waals surface area contributed by atoms with E-state index in [2.05, 4.69) is 10.6 Å². The van der Waals surface area contributed by atoms with E-state index in [-0.39, 0.29) is 32.4 Å². The summed E-state index contributed by atoms with van der Waals surface area (Å²) in [6.45, 7) is 2.48. The second-order valence-electron chi connectivity index (χ2n) is 9.70. The summed E-state index contributed by atoms with van der Waals surface area (Å²) in [6, 6.07) is 10.7. The van der Waals surface area contributed by atoms with Crippen LogP contribution >= 0.6 is 0 Å². The molecule has 3 amide bonds. The number of anilines is 1. The fourth-order valence-corrected chi connectivity index (χ4v) is 5.85. The molecule has 0 saturated carbocycles. The maximum atomic E-state index is 14.0. The number of aliphatic carboxylic acids is 1. The number of benzene rings is 2. The molecule has 3 heterocycles.